The van der Waals surface area contributed by atoms with E-state index in [0.29, 0.717) is 35.8 Å². The first kappa shape index (κ1) is 23.4. The molecule has 32 heavy (non-hydrogen) atoms. The van der Waals surface area contributed by atoms with Gasteiger partial charge in [0.15, 0.2) is 0 Å². The van der Waals surface area contributed by atoms with Gasteiger partial charge in [0, 0.05) is 18.5 Å². The van der Waals surface area contributed by atoms with Crippen molar-refractivity contribution in [3.63, 3.8) is 0 Å². The Bertz CT molecular complexity index is 948. The van der Waals surface area contributed by atoms with Crippen LogP contribution in [0, 0.1) is 0 Å². The number of nitrogens with zero attached hydrogens (tertiary/aromatic N) is 1. The molecule has 1 saturated heterocycles. The highest BCUT2D eigenvalue weighted by Gasteiger charge is 2.45. The van der Waals surface area contributed by atoms with Gasteiger partial charge in [-0.1, -0.05) is 41.9 Å². The average molecular weight is 464 g/mol. The second-order valence-electron chi connectivity index (χ2n) is 8.83. The number of aliphatic hydroxyl groups is 4. The molecule has 0 amide bonds. The van der Waals surface area contributed by atoms with Crippen LogP contribution in [0.25, 0.3) is 0 Å². The summed E-state index contributed by atoms with van der Waals surface area (Å²) >= 11 is 6.69. The van der Waals surface area contributed by atoms with Gasteiger partial charge in [0.25, 0.3) is 0 Å². The second kappa shape index (κ2) is 9.65. The van der Waals surface area contributed by atoms with Gasteiger partial charge in [0.05, 0.1) is 18.2 Å². The first-order valence-electron chi connectivity index (χ1n) is 10.8. The summed E-state index contributed by atoms with van der Waals surface area (Å²) in [5, 5.41) is 41.2. The lowest BCUT2D eigenvalue weighted by Gasteiger charge is -2.40. The molecule has 2 aromatic rings. The molecule has 174 valence electrons. The second-order valence-corrected chi connectivity index (χ2v) is 9.20. The lowest BCUT2D eigenvalue weighted by Crippen LogP contribution is -2.55. The third-order valence-corrected chi connectivity index (χ3v) is 6.56. The standard InChI is InChI=1S/C24H30ClNO6/c1-26(2)11-14-5-3-13(4-6-14)9-15-10-17(16-7-8-31-23(16)19(15)25)24-22(30)21(29)20(28)18(12-27)32-24/h3-6,10,18,20-22,24,27-30H,7-9,11-12H2,1-2H3/t18-,20-,21+,22-,24+/m1/s1. The first-order valence-corrected chi connectivity index (χ1v) is 11.2. The van der Waals surface area contributed by atoms with Crippen LogP contribution >= 0.6 is 11.6 Å². The number of rotatable bonds is 6. The summed E-state index contributed by atoms with van der Waals surface area (Å²) in [6, 6.07) is 10.2. The maximum Gasteiger partial charge on any atom is 0.141 e. The van der Waals surface area contributed by atoms with Gasteiger partial charge in [-0.25, -0.2) is 0 Å². The van der Waals surface area contributed by atoms with Crippen LogP contribution in [0.4, 0.5) is 0 Å². The largest absolute Gasteiger partial charge is 0.491 e. The molecular weight excluding hydrogens is 434 g/mol. The van der Waals surface area contributed by atoms with E-state index in [0.717, 1.165) is 23.2 Å². The minimum Gasteiger partial charge on any atom is -0.491 e. The molecular formula is C24H30ClNO6. The number of halogens is 1. The lowest BCUT2D eigenvalue weighted by atomic mass is 9.87. The van der Waals surface area contributed by atoms with Crippen LogP contribution in [0.5, 0.6) is 5.75 Å². The van der Waals surface area contributed by atoms with Gasteiger partial charge in [-0.2, -0.15) is 0 Å². The molecule has 8 heteroatoms. The van der Waals surface area contributed by atoms with Crippen molar-refractivity contribution in [2.45, 2.75) is 49.9 Å². The summed E-state index contributed by atoms with van der Waals surface area (Å²) < 4.78 is 11.6. The number of hydrogen-bond donors (Lipinski definition) is 4. The summed E-state index contributed by atoms with van der Waals surface area (Å²) in [5.41, 5.74) is 4.60. The Kier molecular flexibility index (Phi) is 7.07. The van der Waals surface area contributed by atoms with Gasteiger partial charge in [0.1, 0.15) is 36.3 Å². The Balaban J connectivity index is 1.68. The minimum absolute atomic E-state index is 0.460. The average Bonchev–Trinajstić information content (AvgIpc) is 3.26. The highest BCUT2D eigenvalue weighted by atomic mass is 35.5. The van der Waals surface area contributed by atoms with Crippen molar-refractivity contribution >= 4 is 11.6 Å². The number of fused-ring (bicyclic) bond motifs is 1. The third kappa shape index (κ3) is 4.52. The van der Waals surface area contributed by atoms with Gasteiger partial charge in [0.2, 0.25) is 0 Å². The van der Waals surface area contributed by atoms with Gasteiger partial charge in [-0.05, 0) is 42.8 Å². The SMILES string of the molecule is CN(C)Cc1ccc(Cc2cc([C@@H]3O[C@H](CO)[C@@H](O)[C@H](O)[C@H]3O)c3c(c2Cl)OCC3)cc1. The zero-order valence-corrected chi connectivity index (χ0v) is 19.0. The van der Waals surface area contributed by atoms with Crippen molar-refractivity contribution < 1.29 is 29.9 Å². The normalized spacial score (nSPS) is 27.4. The summed E-state index contributed by atoms with van der Waals surface area (Å²) in [5.74, 6) is 0.570. The van der Waals surface area contributed by atoms with Crippen molar-refractivity contribution in [3.05, 3.63) is 63.2 Å². The molecule has 2 aromatic carbocycles. The fraction of sp³-hybridized carbons (Fsp3) is 0.500. The maximum absolute atomic E-state index is 10.7. The monoisotopic (exact) mass is 463 g/mol. The summed E-state index contributed by atoms with van der Waals surface area (Å²) in [7, 11) is 4.05. The van der Waals surface area contributed by atoms with E-state index in [9.17, 15) is 20.4 Å². The number of hydrogen-bond acceptors (Lipinski definition) is 7. The molecule has 0 radical (unpaired) electrons. The Morgan fingerprint density at radius 3 is 2.38 bits per heavy atom. The molecule has 0 unspecified atom stereocenters. The van der Waals surface area contributed by atoms with E-state index in [1.165, 1.54) is 5.56 Å². The van der Waals surface area contributed by atoms with Crippen molar-refractivity contribution in [1.82, 2.24) is 4.90 Å². The first-order chi connectivity index (χ1) is 15.3. The Morgan fingerprint density at radius 2 is 1.72 bits per heavy atom. The van der Waals surface area contributed by atoms with Crippen LogP contribution in [0.2, 0.25) is 5.02 Å². The smallest absolute Gasteiger partial charge is 0.141 e. The molecule has 2 aliphatic heterocycles. The zero-order valence-electron chi connectivity index (χ0n) is 18.2. The maximum atomic E-state index is 10.7. The van der Waals surface area contributed by atoms with Crippen LogP contribution < -0.4 is 4.74 Å². The third-order valence-electron chi connectivity index (χ3n) is 6.15. The molecule has 7 nitrogen and oxygen atoms in total. The van der Waals surface area contributed by atoms with E-state index in [-0.39, 0.29) is 0 Å². The Morgan fingerprint density at radius 1 is 1.03 bits per heavy atom. The summed E-state index contributed by atoms with van der Waals surface area (Å²) in [6.07, 6.45) is -4.92. The van der Waals surface area contributed by atoms with Gasteiger partial charge in [-0.3, -0.25) is 0 Å². The van der Waals surface area contributed by atoms with E-state index in [4.69, 9.17) is 21.1 Å². The molecule has 0 aromatic heterocycles. The van der Waals surface area contributed by atoms with Crippen LogP contribution in [-0.4, -0.2) is 77.1 Å². The van der Waals surface area contributed by atoms with Crippen molar-refractivity contribution in [2.75, 3.05) is 27.3 Å². The van der Waals surface area contributed by atoms with E-state index in [1.807, 2.05) is 20.2 Å². The zero-order chi connectivity index (χ0) is 23.0. The number of benzene rings is 2. The Labute approximate surface area is 192 Å². The molecule has 4 rings (SSSR count). The van der Waals surface area contributed by atoms with E-state index in [2.05, 4.69) is 29.2 Å². The fourth-order valence-electron chi connectivity index (χ4n) is 4.50. The molecule has 4 N–H and O–H groups in total. The fourth-order valence-corrected chi connectivity index (χ4v) is 4.79. The molecule has 0 aliphatic carbocycles. The van der Waals surface area contributed by atoms with E-state index >= 15 is 0 Å². The highest BCUT2D eigenvalue weighted by molar-refractivity contribution is 6.33. The number of aliphatic hydroxyl groups excluding tert-OH is 4. The molecule has 5 atom stereocenters. The van der Waals surface area contributed by atoms with Crippen molar-refractivity contribution in [3.8, 4) is 5.75 Å². The van der Waals surface area contributed by atoms with Crippen molar-refractivity contribution in [1.29, 1.82) is 0 Å². The van der Waals surface area contributed by atoms with Gasteiger partial charge >= 0.3 is 0 Å². The van der Waals surface area contributed by atoms with Crippen LogP contribution in [-0.2, 0) is 24.1 Å². The van der Waals surface area contributed by atoms with Gasteiger partial charge in [-0.15, -0.1) is 0 Å². The van der Waals surface area contributed by atoms with Crippen LogP contribution in [0.1, 0.15) is 33.9 Å². The lowest BCUT2D eigenvalue weighted by molar-refractivity contribution is -0.231. The predicted molar refractivity (Wildman–Crippen MR) is 120 cm³/mol. The molecule has 2 aliphatic rings. The van der Waals surface area contributed by atoms with E-state index < -0.39 is 37.1 Å². The minimum atomic E-state index is -1.44. The quantitative estimate of drug-likeness (QED) is 0.514. The van der Waals surface area contributed by atoms with Crippen LogP contribution in [0.15, 0.2) is 30.3 Å². The molecule has 0 spiro atoms. The topological polar surface area (TPSA) is 103 Å². The molecule has 1 fully saturated rings. The van der Waals surface area contributed by atoms with E-state index in [1.54, 1.807) is 0 Å². The van der Waals surface area contributed by atoms with Crippen molar-refractivity contribution in [2.24, 2.45) is 0 Å². The predicted octanol–water partition coefficient (Wildman–Crippen LogP) is 1.44. The highest BCUT2D eigenvalue weighted by Crippen LogP contribution is 2.44. The Hall–Kier alpha value is -1.71. The van der Waals surface area contributed by atoms with Crippen LogP contribution in [0.3, 0.4) is 0 Å². The molecule has 0 bridgehead atoms. The number of ether oxygens (including phenoxy) is 2. The summed E-state index contributed by atoms with van der Waals surface area (Å²) in [4.78, 5) is 2.11. The summed E-state index contributed by atoms with van der Waals surface area (Å²) in [6.45, 7) is 0.844. The van der Waals surface area contributed by atoms with Gasteiger partial charge < -0.3 is 34.8 Å². The molecule has 0 saturated carbocycles. The molecule has 2 heterocycles.